The molecule has 1 fully saturated rings. The molecule has 8 heteroatoms. The molecule has 0 unspecified atom stereocenters. The van der Waals surface area contributed by atoms with Crippen LogP contribution in [-0.2, 0) is 13.1 Å². The van der Waals surface area contributed by atoms with Crippen LogP contribution in [0.1, 0.15) is 46.7 Å². The number of hydrogen-bond donors (Lipinski definition) is 1. The normalized spacial score (nSPS) is 18.0. The molecule has 1 N–H and O–H groups in total. The van der Waals surface area contributed by atoms with Gasteiger partial charge in [-0.3, -0.25) is 4.79 Å². The van der Waals surface area contributed by atoms with Crippen molar-refractivity contribution in [1.29, 1.82) is 0 Å². The molecule has 3 aromatic rings. The van der Waals surface area contributed by atoms with Crippen LogP contribution in [0.3, 0.4) is 0 Å². The van der Waals surface area contributed by atoms with Gasteiger partial charge in [-0.25, -0.2) is 4.98 Å². The van der Waals surface area contributed by atoms with Gasteiger partial charge in [0.25, 0.3) is 5.91 Å². The first-order valence-corrected chi connectivity index (χ1v) is 9.48. The topological polar surface area (TPSA) is 89.1 Å². The molecule has 5 rings (SSSR count). The zero-order valence-electron chi connectivity index (χ0n) is 15.3. The SMILES string of the molecule is Cc1ccc2oc(C(=O)N3CCC(c4nnc5n4CCNC5)CC3)cc2n1. The lowest BCUT2D eigenvalue weighted by Crippen LogP contribution is -2.38. The van der Waals surface area contributed by atoms with Crippen molar-refractivity contribution in [3.8, 4) is 0 Å². The summed E-state index contributed by atoms with van der Waals surface area (Å²) in [6.07, 6.45) is 1.80. The van der Waals surface area contributed by atoms with Gasteiger partial charge in [-0.1, -0.05) is 0 Å². The summed E-state index contributed by atoms with van der Waals surface area (Å²) in [4.78, 5) is 19.1. The van der Waals surface area contributed by atoms with Gasteiger partial charge in [0.1, 0.15) is 17.2 Å². The first kappa shape index (κ1) is 16.4. The number of fused-ring (bicyclic) bond motifs is 2. The monoisotopic (exact) mass is 366 g/mol. The van der Waals surface area contributed by atoms with Crippen molar-refractivity contribution >= 4 is 17.0 Å². The minimum atomic E-state index is -0.0587. The highest BCUT2D eigenvalue weighted by molar-refractivity contribution is 5.95. The number of rotatable bonds is 2. The Morgan fingerprint density at radius 3 is 2.93 bits per heavy atom. The lowest BCUT2D eigenvalue weighted by Gasteiger charge is -2.31. The summed E-state index contributed by atoms with van der Waals surface area (Å²) < 4.78 is 7.97. The van der Waals surface area contributed by atoms with E-state index in [0.29, 0.717) is 30.4 Å². The standard InChI is InChI=1S/C19H22N6O2/c1-12-2-3-15-14(21-12)10-16(27-15)19(26)24-7-4-13(5-8-24)18-23-22-17-11-20-6-9-25(17)18/h2-3,10,13,20H,4-9,11H2,1H3. The number of likely N-dealkylation sites (tertiary alicyclic amines) is 1. The number of carbonyl (C=O) groups excluding carboxylic acids is 1. The third-order valence-corrected chi connectivity index (χ3v) is 5.52. The van der Waals surface area contributed by atoms with Crippen LogP contribution in [0.25, 0.3) is 11.1 Å². The Kier molecular flexibility index (Phi) is 3.93. The minimum Gasteiger partial charge on any atom is -0.449 e. The van der Waals surface area contributed by atoms with Crippen LogP contribution in [0.5, 0.6) is 0 Å². The second-order valence-corrected chi connectivity index (χ2v) is 7.32. The molecule has 0 aromatic carbocycles. The molecule has 0 bridgehead atoms. The quantitative estimate of drug-likeness (QED) is 0.745. The van der Waals surface area contributed by atoms with Crippen molar-refractivity contribution in [1.82, 2.24) is 30.0 Å². The maximum atomic E-state index is 12.8. The Labute approximate surface area is 156 Å². The first-order valence-electron chi connectivity index (χ1n) is 9.48. The lowest BCUT2D eigenvalue weighted by molar-refractivity contribution is 0.0680. The maximum absolute atomic E-state index is 12.8. The molecule has 1 amide bonds. The highest BCUT2D eigenvalue weighted by Gasteiger charge is 2.30. The van der Waals surface area contributed by atoms with Crippen LogP contribution in [0, 0.1) is 6.92 Å². The van der Waals surface area contributed by atoms with E-state index in [2.05, 4.69) is 25.1 Å². The number of piperidine rings is 1. The molecule has 140 valence electrons. The lowest BCUT2D eigenvalue weighted by atomic mass is 9.95. The Balaban J connectivity index is 1.29. The largest absolute Gasteiger partial charge is 0.449 e. The third kappa shape index (κ3) is 2.90. The summed E-state index contributed by atoms with van der Waals surface area (Å²) in [5, 5.41) is 12.1. The fourth-order valence-corrected chi connectivity index (χ4v) is 4.04. The fraction of sp³-hybridized carbons (Fsp3) is 0.474. The average Bonchev–Trinajstić information content (AvgIpc) is 3.31. The predicted molar refractivity (Wildman–Crippen MR) is 98.4 cm³/mol. The number of pyridine rings is 1. The molecular formula is C19H22N6O2. The smallest absolute Gasteiger partial charge is 0.289 e. The van der Waals surface area contributed by atoms with Crippen LogP contribution in [0.2, 0.25) is 0 Å². The number of carbonyl (C=O) groups is 1. The molecule has 1 saturated heterocycles. The second-order valence-electron chi connectivity index (χ2n) is 7.32. The molecule has 2 aliphatic heterocycles. The highest BCUT2D eigenvalue weighted by atomic mass is 16.3. The minimum absolute atomic E-state index is 0.0587. The van der Waals surface area contributed by atoms with Crippen molar-refractivity contribution in [2.75, 3.05) is 19.6 Å². The number of furan rings is 1. The molecule has 3 aromatic heterocycles. The Morgan fingerprint density at radius 1 is 1.22 bits per heavy atom. The molecule has 5 heterocycles. The zero-order chi connectivity index (χ0) is 18.4. The van der Waals surface area contributed by atoms with E-state index in [4.69, 9.17) is 4.42 Å². The number of hydrogen-bond acceptors (Lipinski definition) is 6. The molecule has 0 aliphatic carbocycles. The van der Waals surface area contributed by atoms with Gasteiger partial charge < -0.3 is 19.2 Å². The zero-order valence-corrected chi connectivity index (χ0v) is 15.3. The van der Waals surface area contributed by atoms with Crippen LogP contribution in [-0.4, -0.2) is 50.2 Å². The molecule has 0 radical (unpaired) electrons. The molecule has 0 saturated carbocycles. The summed E-state index contributed by atoms with van der Waals surface area (Å²) in [5.41, 5.74) is 2.30. The highest BCUT2D eigenvalue weighted by Crippen LogP contribution is 2.29. The Morgan fingerprint density at radius 2 is 2.07 bits per heavy atom. The number of aryl methyl sites for hydroxylation is 1. The predicted octanol–water partition coefficient (Wildman–Crippen LogP) is 1.85. The summed E-state index contributed by atoms with van der Waals surface area (Å²) in [7, 11) is 0. The van der Waals surface area contributed by atoms with Gasteiger partial charge in [-0.05, 0) is 31.9 Å². The van der Waals surface area contributed by atoms with Crippen LogP contribution >= 0.6 is 0 Å². The van der Waals surface area contributed by atoms with E-state index in [1.807, 2.05) is 24.0 Å². The molecule has 8 nitrogen and oxygen atoms in total. The van der Waals surface area contributed by atoms with Crippen LogP contribution in [0.4, 0.5) is 0 Å². The fourth-order valence-electron chi connectivity index (χ4n) is 4.04. The Bertz CT molecular complexity index is 999. The molecule has 0 atom stereocenters. The maximum Gasteiger partial charge on any atom is 0.289 e. The first-order chi connectivity index (χ1) is 13.2. The van der Waals surface area contributed by atoms with Crippen molar-refractivity contribution in [3.63, 3.8) is 0 Å². The second kappa shape index (κ2) is 6.45. The number of nitrogens with one attached hydrogen (secondary N) is 1. The van der Waals surface area contributed by atoms with E-state index in [-0.39, 0.29) is 5.91 Å². The van der Waals surface area contributed by atoms with Gasteiger partial charge in [0.05, 0.1) is 6.54 Å². The van der Waals surface area contributed by atoms with Gasteiger partial charge in [0.15, 0.2) is 11.3 Å². The van der Waals surface area contributed by atoms with Gasteiger partial charge >= 0.3 is 0 Å². The summed E-state index contributed by atoms with van der Waals surface area (Å²) in [6.45, 7) is 5.99. The van der Waals surface area contributed by atoms with Crippen molar-refractivity contribution in [3.05, 3.63) is 41.3 Å². The molecular weight excluding hydrogens is 344 g/mol. The number of nitrogens with zero attached hydrogens (tertiary/aromatic N) is 5. The van der Waals surface area contributed by atoms with Crippen molar-refractivity contribution in [2.24, 2.45) is 0 Å². The number of aromatic nitrogens is 4. The van der Waals surface area contributed by atoms with E-state index in [9.17, 15) is 4.79 Å². The summed E-state index contributed by atoms with van der Waals surface area (Å²) in [6, 6.07) is 5.50. The van der Waals surface area contributed by atoms with E-state index in [0.717, 1.165) is 55.3 Å². The molecule has 2 aliphatic rings. The van der Waals surface area contributed by atoms with Gasteiger partial charge in [-0.2, -0.15) is 0 Å². The number of amides is 1. The van der Waals surface area contributed by atoms with E-state index in [1.165, 1.54) is 0 Å². The summed E-state index contributed by atoms with van der Waals surface area (Å²) in [5.74, 6) is 2.75. The van der Waals surface area contributed by atoms with E-state index in [1.54, 1.807) is 6.07 Å². The van der Waals surface area contributed by atoms with Crippen molar-refractivity contribution in [2.45, 2.75) is 38.8 Å². The van der Waals surface area contributed by atoms with Gasteiger partial charge in [0, 0.05) is 43.9 Å². The molecule has 0 spiro atoms. The molecule has 27 heavy (non-hydrogen) atoms. The van der Waals surface area contributed by atoms with E-state index < -0.39 is 0 Å². The average molecular weight is 366 g/mol. The van der Waals surface area contributed by atoms with Gasteiger partial charge in [0.2, 0.25) is 0 Å². The van der Waals surface area contributed by atoms with Crippen molar-refractivity contribution < 1.29 is 9.21 Å². The Hall–Kier alpha value is -2.74. The summed E-state index contributed by atoms with van der Waals surface area (Å²) >= 11 is 0. The van der Waals surface area contributed by atoms with Crippen LogP contribution < -0.4 is 5.32 Å². The van der Waals surface area contributed by atoms with E-state index >= 15 is 0 Å². The van der Waals surface area contributed by atoms with Gasteiger partial charge in [-0.15, -0.1) is 10.2 Å². The van der Waals surface area contributed by atoms with Crippen LogP contribution in [0.15, 0.2) is 22.6 Å². The third-order valence-electron chi connectivity index (χ3n) is 5.52.